The van der Waals surface area contributed by atoms with Gasteiger partial charge in [-0.05, 0) is 49.7 Å². The van der Waals surface area contributed by atoms with Crippen LogP contribution in [0.5, 0.6) is 0 Å². The summed E-state index contributed by atoms with van der Waals surface area (Å²) in [6.07, 6.45) is 0. The van der Waals surface area contributed by atoms with E-state index in [-0.39, 0.29) is 4.90 Å². The first-order valence-corrected chi connectivity index (χ1v) is 8.80. The van der Waals surface area contributed by atoms with Crippen LogP contribution in [0, 0.1) is 6.92 Å². The predicted molar refractivity (Wildman–Crippen MR) is 91.0 cm³/mol. The Bertz CT molecular complexity index is 804. The van der Waals surface area contributed by atoms with E-state index in [4.69, 9.17) is 11.6 Å². The van der Waals surface area contributed by atoms with E-state index in [0.29, 0.717) is 10.7 Å². The van der Waals surface area contributed by atoms with Gasteiger partial charge in [0.05, 0.1) is 10.9 Å². The summed E-state index contributed by atoms with van der Waals surface area (Å²) in [6, 6.07) is 12.1. The fraction of sp³-hybridized carbons (Fsp3) is 0.188. The smallest absolute Gasteiger partial charge is 0.242 e. The van der Waals surface area contributed by atoms with Crippen molar-refractivity contribution in [3.8, 4) is 0 Å². The van der Waals surface area contributed by atoms with Crippen LogP contribution in [0.4, 0.5) is 5.69 Å². The normalized spacial score (nSPS) is 12.7. The number of nitrogens with one attached hydrogen (secondary N) is 2. The highest BCUT2D eigenvalue weighted by atomic mass is 35.5. The van der Waals surface area contributed by atoms with Crippen molar-refractivity contribution in [1.82, 2.24) is 4.72 Å². The highest BCUT2D eigenvalue weighted by Gasteiger charge is 2.22. The number of anilines is 1. The van der Waals surface area contributed by atoms with Crippen molar-refractivity contribution in [1.29, 1.82) is 0 Å². The number of halogens is 1. The third-order valence-electron chi connectivity index (χ3n) is 3.25. The van der Waals surface area contributed by atoms with Crippen LogP contribution in [0.25, 0.3) is 0 Å². The second-order valence-corrected chi connectivity index (χ2v) is 7.25. The van der Waals surface area contributed by atoms with Gasteiger partial charge >= 0.3 is 0 Å². The molecule has 0 radical (unpaired) electrons. The lowest BCUT2D eigenvalue weighted by Crippen LogP contribution is -2.41. The van der Waals surface area contributed by atoms with Crippen LogP contribution in [-0.2, 0) is 14.8 Å². The number of benzene rings is 2. The molecule has 2 N–H and O–H groups in total. The molecule has 0 bridgehead atoms. The molecule has 0 aromatic heterocycles. The van der Waals surface area contributed by atoms with Gasteiger partial charge in [-0.1, -0.05) is 29.8 Å². The Balaban J connectivity index is 2.08. The summed E-state index contributed by atoms with van der Waals surface area (Å²) in [4.78, 5) is 12.2. The van der Waals surface area contributed by atoms with Crippen LogP contribution in [-0.4, -0.2) is 20.4 Å². The van der Waals surface area contributed by atoms with Gasteiger partial charge in [0.25, 0.3) is 0 Å². The van der Waals surface area contributed by atoms with E-state index in [0.717, 1.165) is 5.56 Å². The van der Waals surface area contributed by atoms with Gasteiger partial charge in [0.2, 0.25) is 15.9 Å². The van der Waals surface area contributed by atoms with Gasteiger partial charge in [-0.25, -0.2) is 8.42 Å². The third kappa shape index (κ3) is 4.54. The SMILES string of the molecule is Cc1ccccc1NC(=O)C(C)NS(=O)(=O)c1ccc(Cl)cc1. The topological polar surface area (TPSA) is 75.3 Å². The molecule has 0 aliphatic heterocycles. The third-order valence-corrected chi connectivity index (χ3v) is 5.06. The molecule has 1 unspecified atom stereocenters. The maximum absolute atomic E-state index is 12.2. The molecule has 1 amide bonds. The Morgan fingerprint density at radius 1 is 1.09 bits per heavy atom. The van der Waals surface area contributed by atoms with Crippen LogP contribution in [0.15, 0.2) is 53.4 Å². The van der Waals surface area contributed by atoms with Crippen LogP contribution >= 0.6 is 11.6 Å². The predicted octanol–water partition coefficient (Wildman–Crippen LogP) is 2.95. The van der Waals surface area contributed by atoms with E-state index in [1.165, 1.54) is 31.2 Å². The number of amides is 1. The molecule has 0 saturated heterocycles. The molecule has 0 aliphatic carbocycles. The second-order valence-electron chi connectivity index (χ2n) is 5.10. The first-order valence-electron chi connectivity index (χ1n) is 6.94. The van der Waals surface area contributed by atoms with Gasteiger partial charge in [-0.15, -0.1) is 0 Å². The molecule has 23 heavy (non-hydrogen) atoms. The average molecular weight is 353 g/mol. The molecule has 2 aromatic carbocycles. The monoisotopic (exact) mass is 352 g/mol. The molecule has 0 saturated carbocycles. The highest BCUT2D eigenvalue weighted by Crippen LogP contribution is 2.16. The number of carbonyl (C=O) groups excluding carboxylic acids is 1. The molecular weight excluding hydrogens is 336 g/mol. The zero-order chi connectivity index (χ0) is 17.0. The highest BCUT2D eigenvalue weighted by molar-refractivity contribution is 7.89. The summed E-state index contributed by atoms with van der Waals surface area (Å²) in [5.41, 5.74) is 1.55. The lowest BCUT2D eigenvalue weighted by atomic mass is 10.2. The van der Waals surface area contributed by atoms with Crippen molar-refractivity contribution in [2.75, 3.05) is 5.32 Å². The van der Waals surface area contributed by atoms with Gasteiger partial charge in [0.15, 0.2) is 0 Å². The summed E-state index contributed by atoms with van der Waals surface area (Å²) in [6.45, 7) is 3.35. The van der Waals surface area contributed by atoms with Gasteiger partial charge in [0, 0.05) is 10.7 Å². The Morgan fingerprint density at radius 2 is 1.70 bits per heavy atom. The standard InChI is InChI=1S/C16H17ClN2O3S/c1-11-5-3-4-6-15(11)18-16(20)12(2)19-23(21,22)14-9-7-13(17)8-10-14/h3-10,12,19H,1-2H3,(H,18,20). The summed E-state index contributed by atoms with van der Waals surface area (Å²) in [5.74, 6) is -0.433. The molecule has 122 valence electrons. The van der Waals surface area contributed by atoms with Gasteiger partial charge < -0.3 is 5.32 Å². The first-order chi connectivity index (χ1) is 10.8. The van der Waals surface area contributed by atoms with E-state index in [1.54, 1.807) is 12.1 Å². The molecular formula is C16H17ClN2O3S. The van der Waals surface area contributed by atoms with Gasteiger partial charge in [-0.2, -0.15) is 4.72 Å². The Morgan fingerprint density at radius 3 is 2.30 bits per heavy atom. The molecule has 5 nitrogen and oxygen atoms in total. The van der Waals surface area contributed by atoms with Gasteiger partial charge in [-0.3, -0.25) is 4.79 Å². The largest absolute Gasteiger partial charge is 0.324 e. The minimum Gasteiger partial charge on any atom is -0.324 e. The van der Waals surface area contributed by atoms with Crippen LogP contribution in [0.1, 0.15) is 12.5 Å². The number of rotatable bonds is 5. The van der Waals surface area contributed by atoms with E-state index >= 15 is 0 Å². The van der Waals surface area contributed by atoms with Crippen molar-refractivity contribution in [2.45, 2.75) is 24.8 Å². The molecule has 2 rings (SSSR count). The summed E-state index contributed by atoms with van der Waals surface area (Å²) in [7, 11) is -3.79. The molecule has 0 spiro atoms. The Labute approximate surface area is 140 Å². The first kappa shape index (κ1) is 17.5. The fourth-order valence-electron chi connectivity index (χ4n) is 1.92. The van der Waals surface area contributed by atoms with Gasteiger partial charge in [0.1, 0.15) is 0 Å². The minimum absolute atomic E-state index is 0.0532. The molecule has 1 atom stereocenters. The Kier molecular flexibility index (Phi) is 5.41. The quantitative estimate of drug-likeness (QED) is 0.868. The molecule has 7 heteroatoms. The lowest BCUT2D eigenvalue weighted by Gasteiger charge is -2.15. The number of aryl methyl sites for hydroxylation is 1. The maximum Gasteiger partial charge on any atom is 0.242 e. The average Bonchev–Trinajstić information content (AvgIpc) is 2.49. The number of para-hydroxylation sites is 1. The van der Waals surface area contributed by atoms with Crippen LogP contribution < -0.4 is 10.0 Å². The maximum atomic E-state index is 12.2. The van der Waals surface area contributed by atoms with E-state index < -0.39 is 22.0 Å². The molecule has 0 fully saturated rings. The van der Waals surface area contributed by atoms with Crippen LogP contribution in [0.2, 0.25) is 5.02 Å². The van der Waals surface area contributed by atoms with E-state index in [1.807, 2.05) is 19.1 Å². The number of hydrogen-bond donors (Lipinski definition) is 2. The zero-order valence-corrected chi connectivity index (χ0v) is 14.3. The summed E-state index contributed by atoms with van der Waals surface area (Å²) in [5, 5.41) is 3.15. The van der Waals surface area contributed by atoms with Crippen LogP contribution in [0.3, 0.4) is 0 Å². The summed E-state index contributed by atoms with van der Waals surface area (Å²) >= 11 is 5.74. The minimum atomic E-state index is -3.79. The summed E-state index contributed by atoms with van der Waals surface area (Å²) < 4.78 is 26.8. The van der Waals surface area contributed by atoms with Crippen molar-refractivity contribution < 1.29 is 13.2 Å². The Hall–Kier alpha value is -1.89. The van der Waals surface area contributed by atoms with Crippen molar-refractivity contribution >= 4 is 33.2 Å². The lowest BCUT2D eigenvalue weighted by molar-refractivity contribution is -0.117. The number of hydrogen-bond acceptors (Lipinski definition) is 3. The second kappa shape index (κ2) is 7.12. The van der Waals surface area contributed by atoms with Crippen molar-refractivity contribution in [2.24, 2.45) is 0 Å². The number of carbonyl (C=O) groups is 1. The molecule has 0 heterocycles. The van der Waals surface area contributed by atoms with Crippen molar-refractivity contribution in [3.05, 3.63) is 59.1 Å². The molecule has 2 aromatic rings. The fourth-order valence-corrected chi connectivity index (χ4v) is 3.25. The molecule has 0 aliphatic rings. The van der Waals surface area contributed by atoms with E-state index in [9.17, 15) is 13.2 Å². The van der Waals surface area contributed by atoms with E-state index in [2.05, 4.69) is 10.0 Å². The zero-order valence-electron chi connectivity index (χ0n) is 12.7. The number of sulfonamides is 1. The van der Waals surface area contributed by atoms with Crippen molar-refractivity contribution in [3.63, 3.8) is 0 Å².